The summed E-state index contributed by atoms with van der Waals surface area (Å²) in [6.45, 7) is 3.14. The van der Waals surface area contributed by atoms with Gasteiger partial charge in [0.1, 0.15) is 29.6 Å². The summed E-state index contributed by atoms with van der Waals surface area (Å²) in [7, 11) is 0. The summed E-state index contributed by atoms with van der Waals surface area (Å²) in [5.41, 5.74) is 0.193. The van der Waals surface area contributed by atoms with Gasteiger partial charge in [0.2, 0.25) is 11.6 Å². The SMILES string of the molecule is CCOC(=O)c1c(C)oc2ncn(CC(=O)Nc3ccccc3SC)c(=O)c12. The first kappa shape index (κ1) is 19.7. The number of para-hydroxylation sites is 1. The molecule has 0 spiro atoms. The number of amides is 1. The van der Waals surface area contributed by atoms with Gasteiger partial charge in [-0.3, -0.25) is 14.2 Å². The van der Waals surface area contributed by atoms with Crippen LogP contribution in [0.3, 0.4) is 0 Å². The number of anilines is 1. The Labute approximate surface area is 164 Å². The highest BCUT2D eigenvalue weighted by Crippen LogP contribution is 2.25. The van der Waals surface area contributed by atoms with E-state index in [0.717, 1.165) is 9.46 Å². The molecule has 1 aromatic carbocycles. The molecule has 9 heteroatoms. The largest absolute Gasteiger partial charge is 0.462 e. The summed E-state index contributed by atoms with van der Waals surface area (Å²) in [6.07, 6.45) is 3.13. The van der Waals surface area contributed by atoms with E-state index in [-0.39, 0.29) is 41.5 Å². The average Bonchev–Trinajstić information content (AvgIpc) is 3.01. The number of aryl methyl sites for hydroxylation is 1. The molecule has 0 unspecified atom stereocenters. The van der Waals surface area contributed by atoms with E-state index in [0.29, 0.717) is 5.69 Å². The molecule has 2 aromatic heterocycles. The Morgan fingerprint density at radius 3 is 2.79 bits per heavy atom. The van der Waals surface area contributed by atoms with Crippen molar-refractivity contribution in [3.05, 3.63) is 52.3 Å². The summed E-state index contributed by atoms with van der Waals surface area (Å²) in [4.78, 5) is 42.5. The van der Waals surface area contributed by atoms with Gasteiger partial charge in [0.15, 0.2) is 0 Å². The number of furan rings is 1. The predicted octanol–water partition coefficient (Wildman–Crippen LogP) is 2.84. The van der Waals surface area contributed by atoms with Crippen LogP contribution in [0.2, 0.25) is 0 Å². The number of esters is 1. The summed E-state index contributed by atoms with van der Waals surface area (Å²) in [6, 6.07) is 7.36. The molecule has 3 aromatic rings. The number of ether oxygens (including phenoxy) is 1. The van der Waals surface area contributed by atoms with Crippen LogP contribution in [0.15, 0.2) is 44.7 Å². The second-order valence-corrected chi connectivity index (χ2v) is 6.71. The Bertz CT molecular complexity index is 1100. The van der Waals surface area contributed by atoms with Gasteiger partial charge in [-0.15, -0.1) is 11.8 Å². The van der Waals surface area contributed by atoms with Gasteiger partial charge in [0.25, 0.3) is 5.56 Å². The number of carbonyl (C=O) groups is 2. The van der Waals surface area contributed by atoms with Gasteiger partial charge in [-0.2, -0.15) is 0 Å². The molecule has 0 aliphatic rings. The molecular weight excluding hydrogens is 382 g/mol. The smallest absolute Gasteiger partial charge is 0.342 e. The van der Waals surface area contributed by atoms with Crippen LogP contribution in [-0.2, 0) is 16.1 Å². The molecular formula is C19H19N3O5S. The molecule has 0 bridgehead atoms. The minimum atomic E-state index is -0.659. The summed E-state index contributed by atoms with van der Waals surface area (Å²) >= 11 is 1.50. The fourth-order valence-corrected chi connectivity index (χ4v) is 3.35. The Kier molecular flexibility index (Phi) is 5.84. The molecule has 28 heavy (non-hydrogen) atoms. The number of carbonyl (C=O) groups excluding carboxylic acids is 2. The molecule has 1 amide bonds. The minimum Gasteiger partial charge on any atom is -0.462 e. The highest BCUT2D eigenvalue weighted by molar-refractivity contribution is 7.98. The number of hydrogen-bond donors (Lipinski definition) is 1. The van der Waals surface area contributed by atoms with Crippen molar-refractivity contribution in [2.24, 2.45) is 0 Å². The number of benzene rings is 1. The molecule has 0 aliphatic carbocycles. The van der Waals surface area contributed by atoms with Crippen molar-refractivity contribution in [2.45, 2.75) is 25.3 Å². The highest BCUT2D eigenvalue weighted by Gasteiger charge is 2.24. The lowest BCUT2D eigenvalue weighted by atomic mass is 10.2. The predicted molar refractivity (Wildman–Crippen MR) is 106 cm³/mol. The van der Waals surface area contributed by atoms with Crippen LogP contribution < -0.4 is 10.9 Å². The zero-order valence-electron chi connectivity index (χ0n) is 15.6. The Morgan fingerprint density at radius 1 is 1.32 bits per heavy atom. The van der Waals surface area contributed by atoms with Gasteiger partial charge in [-0.25, -0.2) is 9.78 Å². The van der Waals surface area contributed by atoms with E-state index in [2.05, 4.69) is 10.3 Å². The first-order valence-corrected chi connectivity index (χ1v) is 9.77. The molecule has 0 radical (unpaired) electrons. The zero-order valence-corrected chi connectivity index (χ0v) is 16.5. The van der Waals surface area contributed by atoms with E-state index >= 15 is 0 Å². The summed E-state index contributed by atoms with van der Waals surface area (Å²) in [5.74, 6) is -0.800. The third kappa shape index (κ3) is 3.79. The number of rotatable bonds is 6. The minimum absolute atomic E-state index is 0.00997. The molecule has 0 saturated carbocycles. The van der Waals surface area contributed by atoms with Crippen LogP contribution in [0.25, 0.3) is 11.1 Å². The van der Waals surface area contributed by atoms with Crippen LogP contribution in [0, 0.1) is 6.92 Å². The first-order valence-electron chi connectivity index (χ1n) is 8.54. The molecule has 2 heterocycles. The molecule has 3 rings (SSSR count). The van der Waals surface area contributed by atoms with E-state index in [4.69, 9.17) is 9.15 Å². The molecule has 8 nitrogen and oxygen atoms in total. The Morgan fingerprint density at radius 2 is 2.07 bits per heavy atom. The van der Waals surface area contributed by atoms with E-state index in [1.54, 1.807) is 19.9 Å². The second-order valence-electron chi connectivity index (χ2n) is 5.86. The third-order valence-corrected chi connectivity index (χ3v) is 4.83. The van der Waals surface area contributed by atoms with Gasteiger partial charge in [-0.1, -0.05) is 12.1 Å². The lowest BCUT2D eigenvalue weighted by molar-refractivity contribution is -0.116. The maximum atomic E-state index is 12.9. The number of aromatic nitrogens is 2. The molecule has 0 fully saturated rings. The maximum Gasteiger partial charge on any atom is 0.342 e. The Balaban J connectivity index is 1.92. The van der Waals surface area contributed by atoms with E-state index < -0.39 is 11.5 Å². The van der Waals surface area contributed by atoms with E-state index in [1.807, 2.05) is 24.5 Å². The van der Waals surface area contributed by atoms with Crippen molar-refractivity contribution in [3.8, 4) is 0 Å². The van der Waals surface area contributed by atoms with Gasteiger partial charge >= 0.3 is 5.97 Å². The van der Waals surface area contributed by atoms with Crippen LogP contribution in [0.5, 0.6) is 0 Å². The highest BCUT2D eigenvalue weighted by atomic mass is 32.2. The average molecular weight is 401 g/mol. The van der Waals surface area contributed by atoms with Gasteiger partial charge in [0.05, 0.1) is 12.3 Å². The number of nitrogens with one attached hydrogen (secondary N) is 1. The third-order valence-electron chi connectivity index (χ3n) is 4.03. The van der Waals surface area contributed by atoms with Crippen molar-refractivity contribution in [2.75, 3.05) is 18.2 Å². The van der Waals surface area contributed by atoms with Crippen LogP contribution >= 0.6 is 11.8 Å². The Hall–Kier alpha value is -3.07. The molecule has 0 aliphatic heterocycles. The fourth-order valence-electron chi connectivity index (χ4n) is 2.79. The van der Waals surface area contributed by atoms with E-state index in [9.17, 15) is 14.4 Å². The standard InChI is InChI=1S/C19H19N3O5S/c1-4-26-19(25)15-11(2)27-17-16(15)18(24)22(10-20-17)9-14(23)21-12-7-5-6-8-13(12)28-3/h5-8,10H,4,9H2,1-3H3,(H,21,23). The van der Waals surface area contributed by atoms with Gasteiger partial charge in [-0.05, 0) is 32.2 Å². The van der Waals surface area contributed by atoms with Gasteiger partial charge in [0, 0.05) is 4.90 Å². The fraction of sp³-hybridized carbons (Fsp3) is 0.263. The second kappa shape index (κ2) is 8.30. The van der Waals surface area contributed by atoms with Crippen LogP contribution in [0.4, 0.5) is 5.69 Å². The number of thioether (sulfide) groups is 1. The van der Waals surface area contributed by atoms with Crippen molar-refractivity contribution in [1.29, 1.82) is 0 Å². The first-order chi connectivity index (χ1) is 13.5. The normalized spacial score (nSPS) is 10.8. The van der Waals surface area contributed by atoms with Gasteiger partial charge < -0.3 is 14.5 Å². The van der Waals surface area contributed by atoms with Crippen LogP contribution in [-0.4, -0.2) is 34.3 Å². The number of fused-ring (bicyclic) bond motifs is 1. The maximum absolute atomic E-state index is 12.9. The summed E-state index contributed by atoms with van der Waals surface area (Å²) < 4.78 is 11.5. The van der Waals surface area contributed by atoms with Crippen molar-refractivity contribution in [3.63, 3.8) is 0 Å². The van der Waals surface area contributed by atoms with Crippen molar-refractivity contribution in [1.82, 2.24) is 9.55 Å². The molecule has 1 N–H and O–H groups in total. The lowest BCUT2D eigenvalue weighted by Crippen LogP contribution is -2.28. The molecule has 0 saturated heterocycles. The topological polar surface area (TPSA) is 103 Å². The van der Waals surface area contributed by atoms with Crippen LogP contribution in [0.1, 0.15) is 23.0 Å². The van der Waals surface area contributed by atoms with Crippen molar-refractivity contribution < 1.29 is 18.7 Å². The number of hydrogen-bond acceptors (Lipinski definition) is 7. The lowest BCUT2D eigenvalue weighted by Gasteiger charge is -2.10. The molecule has 0 atom stereocenters. The van der Waals surface area contributed by atoms with E-state index in [1.165, 1.54) is 18.1 Å². The quantitative estimate of drug-likeness (QED) is 0.500. The monoisotopic (exact) mass is 401 g/mol. The number of nitrogens with zero attached hydrogens (tertiary/aromatic N) is 2. The molecule has 146 valence electrons. The van der Waals surface area contributed by atoms with Crippen molar-refractivity contribution >= 4 is 40.4 Å². The zero-order chi connectivity index (χ0) is 20.3. The summed E-state index contributed by atoms with van der Waals surface area (Å²) in [5, 5.41) is 2.80.